The first-order valence-electron chi connectivity index (χ1n) is 24.8. The van der Waals surface area contributed by atoms with Crippen molar-refractivity contribution in [1.82, 2.24) is 14.5 Å². The van der Waals surface area contributed by atoms with Crippen molar-refractivity contribution in [2.45, 2.75) is 119 Å². The molecule has 0 aliphatic carbocycles. The Balaban J connectivity index is 1.45. The van der Waals surface area contributed by atoms with Gasteiger partial charge in [-0.05, 0) is 153 Å². The van der Waals surface area contributed by atoms with Gasteiger partial charge in [0.2, 0.25) is 0 Å². The number of fused-ring (bicyclic) bond motifs is 1. The molecule has 2 aromatic heterocycles. The monoisotopic (exact) mass is 848 g/mol. The van der Waals surface area contributed by atoms with E-state index < -0.39 is 12.7 Å². The molecule has 8 aromatic rings. The number of aryl methyl sites for hydroxylation is 2. The van der Waals surface area contributed by atoms with Crippen LogP contribution < -0.4 is 0 Å². The molecular formula is C60H65N3O. The van der Waals surface area contributed by atoms with Crippen LogP contribution in [0.1, 0.15) is 144 Å². The molecular weight excluding hydrogens is 779 g/mol. The van der Waals surface area contributed by atoms with Crippen LogP contribution in [0.4, 0.5) is 0 Å². The number of imidazole rings is 1. The van der Waals surface area contributed by atoms with Crippen molar-refractivity contribution in [3.63, 3.8) is 0 Å². The van der Waals surface area contributed by atoms with E-state index in [2.05, 4.69) is 136 Å². The Kier molecular flexibility index (Phi) is 10.7. The Morgan fingerprint density at radius 2 is 1.31 bits per heavy atom. The van der Waals surface area contributed by atoms with Crippen LogP contribution in [0.3, 0.4) is 0 Å². The van der Waals surface area contributed by atoms with Gasteiger partial charge in [0.15, 0.2) is 0 Å². The van der Waals surface area contributed by atoms with Crippen molar-refractivity contribution in [2.24, 2.45) is 0 Å². The topological polar surface area (TPSA) is 50.9 Å². The maximum atomic E-state index is 12.3. The summed E-state index contributed by atoms with van der Waals surface area (Å²) in [4.78, 5) is 10.4. The first-order chi connectivity index (χ1) is 31.9. The summed E-state index contributed by atoms with van der Waals surface area (Å²) in [6.45, 7) is 22.6. The van der Waals surface area contributed by atoms with Crippen molar-refractivity contribution in [2.75, 3.05) is 0 Å². The summed E-state index contributed by atoms with van der Waals surface area (Å²) < 4.78 is 38.5. The van der Waals surface area contributed by atoms with Crippen molar-refractivity contribution < 1.29 is 10.6 Å². The number of benzene rings is 6. The quantitative estimate of drug-likeness (QED) is 0.149. The second-order valence-electron chi connectivity index (χ2n) is 19.8. The highest BCUT2D eigenvalue weighted by molar-refractivity contribution is 5.97. The van der Waals surface area contributed by atoms with Gasteiger partial charge in [0.05, 0.1) is 28.0 Å². The van der Waals surface area contributed by atoms with Gasteiger partial charge in [-0.1, -0.05) is 155 Å². The predicted octanol–water partition coefficient (Wildman–Crippen LogP) is 16.9. The smallest absolute Gasteiger partial charge is 0.149 e. The molecule has 0 atom stereocenters. The summed E-state index contributed by atoms with van der Waals surface area (Å²) in [5, 5.41) is 12.3. The standard InChI is InChI=1S/C60H65N3O/c1-35(2)44-32-51(38(7)8)58(64)52(33-44)59-62-57-50(45-29-46(31-47(30-45)60(11,12)13)53-34-42(26-27-61-53)41-22-20-39(9)21-23-41)18-15-19-55(57)63(59)54-25-24-43(28-40(54)10)56-48(36(3)4)16-14-17-49(56)37(5)6/h14-38,64H,1-13H3/i10D3,36D. The minimum Gasteiger partial charge on any atom is -0.507 e. The fraction of sp³-hybridized carbons (Fsp3) is 0.300. The zero-order chi connectivity index (χ0) is 49.2. The Labute approximate surface area is 387 Å². The summed E-state index contributed by atoms with van der Waals surface area (Å²) in [7, 11) is 0. The number of hydrogen-bond donors (Lipinski definition) is 1. The minimum atomic E-state index is -2.55. The van der Waals surface area contributed by atoms with Crippen molar-refractivity contribution >= 4 is 11.0 Å². The van der Waals surface area contributed by atoms with Gasteiger partial charge in [0.25, 0.3) is 0 Å². The van der Waals surface area contributed by atoms with E-state index in [1.165, 1.54) is 5.56 Å². The Bertz CT molecular complexity index is 3180. The van der Waals surface area contributed by atoms with E-state index in [0.29, 0.717) is 28.1 Å². The lowest BCUT2D eigenvalue weighted by Gasteiger charge is -2.22. The van der Waals surface area contributed by atoms with E-state index in [9.17, 15) is 5.11 Å². The molecule has 0 saturated heterocycles. The number of phenols is 1. The molecule has 0 aliphatic heterocycles. The van der Waals surface area contributed by atoms with E-state index >= 15 is 0 Å². The highest BCUT2D eigenvalue weighted by Crippen LogP contribution is 2.45. The average Bonchev–Trinajstić information content (AvgIpc) is 3.67. The average molecular weight is 848 g/mol. The number of pyridine rings is 1. The maximum absolute atomic E-state index is 12.3. The van der Waals surface area contributed by atoms with Crippen LogP contribution in [0.5, 0.6) is 5.75 Å². The third-order valence-corrected chi connectivity index (χ3v) is 12.7. The molecule has 0 spiro atoms. The van der Waals surface area contributed by atoms with Crippen LogP contribution in [0.15, 0.2) is 128 Å². The molecule has 0 aliphatic rings. The van der Waals surface area contributed by atoms with E-state index in [0.717, 1.165) is 72.5 Å². The molecule has 8 rings (SSSR count). The molecule has 4 nitrogen and oxygen atoms in total. The largest absolute Gasteiger partial charge is 0.507 e. The molecule has 0 unspecified atom stereocenters. The molecule has 0 bridgehead atoms. The number of aromatic hydroxyl groups is 1. The van der Waals surface area contributed by atoms with Gasteiger partial charge >= 0.3 is 0 Å². The third kappa shape index (κ3) is 8.43. The summed E-state index contributed by atoms with van der Waals surface area (Å²) in [6.07, 6.45) is 1.87. The van der Waals surface area contributed by atoms with Gasteiger partial charge < -0.3 is 5.11 Å². The van der Waals surface area contributed by atoms with Gasteiger partial charge in [-0.25, -0.2) is 4.98 Å². The van der Waals surface area contributed by atoms with Crippen LogP contribution in [0.2, 0.25) is 0 Å². The molecule has 0 saturated carbocycles. The van der Waals surface area contributed by atoms with Gasteiger partial charge in [-0.2, -0.15) is 0 Å². The first kappa shape index (κ1) is 39.3. The van der Waals surface area contributed by atoms with E-state index in [-0.39, 0.29) is 34.5 Å². The lowest BCUT2D eigenvalue weighted by atomic mass is 9.83. The first-order valence-corrected chi connectivity index (χ1v) is 22.8. The number of hydrogen-bond acceptors (Lipinski definition) is 3. The molecule has 0 fully saturated rings. The van der Waals surface area contributed by atoms with Gasteiger partial charge in [0.1, 0.15) is 11.6 Å². The molecule has 0 radical (unpaired) electrons. The van der Waals surface area contributed by atoms with Gasteiger partial charge in [0, 0.05) is 22.8 Å². The fourth-order valence-corrected chi connectivity index (χ4v) is 8.94. The number of rotatable bonds is 10. The van der Waals surface area contributed by atoms with Crippen molar-refractivity contribution in [3.05, 3.63) is 166 Å². The molecule has 1 N–H and O–H groups in total. The van der Waals surface area contributed by atoms with Crippen molar-refractivity contribution in [3.8, 4) is 67.5 Å². The number of aromatic nitrogens is 3. The molecule has 326 valence electrons. The Hall–Kier alpha value is -6.26. The van der Waals surface area contributed by atoms with Crippen LogP contribution in [0.25, 0.3) is 72.7 Å². The fourth-order valence-electron chi connectivity index (χ4n) is 8.94. The van der Waals surface area contributed by atoms with Crippen LogP contribution in [-0.4, -0.2) is 19.6 Å². The van der Waals surface area contributed by atoms with Crippen LogP contribution >= 0.6 is 0 Å². The number of para-hydroxylation sites is 1. The van der Waals surface area contributed by atoms with E-state index in [1.807, 2.05) is 73.1 Å². The SMILES string of the molecule is [2H]C([2H])([2H])c1cc(-c2c(C(C)C)cccc2C([2H])(C)C)ccc1-n1c(-c2cc(C(C)C)cc(C(C)C)c2O)nc2c(-c3cc(-c4cc(-c5ccc(C)cc5)ccn4)cc(C(C)(C)C)c3)cccc21. The lowest BCUT2D eigenvalue weighted by molar-refractivity contribution is 0.466. The third-order valence-electron chi connectivity index (χ3n) is 12.7. The zero-order valence-electron chi connectivity index (χ0n) is 43.6. The maximum Gasteiger partial charge on any atom is 0.149 e. The molecule has 64 heavy (non-hydrogen) atoms. The van der Waals surface area contributed by atoms with Crippen LogP contribution in [0, 0.1) is 13.8 Å². The predicted molar refractivity (Wildman–Crippen MR) is 272 cm³/mol. The molecule has 4 heteroatoms. The highest BCUT2D eigenvalue weighted by atomic mass is 16.3. The Morgan fingerprint density at radius 3 is 1.98 bits per heavy atom. The molecule has 2 heterocycles. The number of phenolic OH excluding ortho intramolecular Hbond substituents is 1. The van der Waals surface area contributed by atoms with E-state index in [4.69, 9.17) is 15.5 Å². The van der Waals surface area contributed by atoms with Crippen molar-refractivity contribution in [1.29, 1.82) is 0 Å². The number of nitrogens with zero attached hydrogens (tertiary/aromatic N) is 3. The Morgan fingerprint density at radius 1 is 0.625 bits per heavy atom. The lowest BCUT2D eigenvalue weighted by Crippen LogP contribution is -2.11. The summed E-state index contributed by atoms with van der Waals surface area (Å²) in [5.41, 5.74) is 15.8. The zero-order valence-corrected chi connectivity index (χ0v) is 39.6. The molecule has 0 amide bonds. The highest BCUT2D eigenvalue weighted by Gasteiger charge is 2.26. The summed E-state index contributed by atoms with van der Waals surface area (Å²) in [5.74, 6) is -0.0956. The second kappa shape index (κ2) is 17.4. The normalized spacial score (nSPS) is 13.4. The molecule has 6 aromatic carbocycles. The second-order valence-corrected chi connectivity index (χ2v) is 19.8. The van der Waals surface area contributed by atoms with E-state index in [1.54, 1.807) is 6.07 Å². The summed E-state index contributed by atoms with van der Waals surface area (Å²) >= 11 is 0. The minimum absolute atomic E-state index is 0.00578. The van der Waals surface area contributed by atoms with Gasteiger partial charge in [-0.15, -0.1) is 0 Å². The summed E-state index contributed by atoms with van der Waals surface area (Å²) in [6, 6.07) is 41.3. The van der Waals surface area contributed by atoms with Gasteiger partial charge in [-0.3, -0.25) is 9.55 Å². The van der Waals surface area contributed by atoms with Crippen LogP contribution in [-0.2, 0) is 5.41 Å².